The monoisotopic (exact) mass is 369 g/mol. The van der Waals surface area contributed by atoms with Gasteiger partial charge in [0, 0.05) is 18.0 Å². The second kappa shape index (κ2) is 6.47. The lowest BCUT2D eigenvalue weighted by Crippen LogP contribution is -2.23. The number of rotatable bonds is 3. The predicted molar refractivity (Wildman–Crippen MR) is 86.1 cm³/mol. The average Bonchev–Trinajstić information content (AvgIpc) is 2.57. The van der Waals surface area contributed by atoms with E-state index in [2.05, 4.69) is 9.97 Å². The van der Waals surface area contributed by atoms with E-state index in [1.54, 1.807) is 6.26 Å². The number of pyridine rings is 1. The van der Waals surface area contributed by atoms with Gasteiger partial charge in [0.05, 0.1) is 23.0 Å². The fourth-order valence-corrected chi connectivity index (χ4v) is 2.78. The van der Waals surface area contributed by atoms with E-state index in [0.717, 1.165) is 22.8 Å². The molecule has 4 nitrogen and oxygen atoms in total. The Balaban J connectivity index is 2.11. The lowest BCUT2D eigenvalue weighted by Gasteiger charge is -2.15. The van der Waals surface area contributed by atoms with Crippen molar-refractivity contribution >= 4 is 22.7 Å². The molecule has 2 heterocycles. The Morgan fingerprint density at radius 1 is 1.24 bits per heavy atom. The molecule has 3 rings (SSSR count). The molecule has 0 N–H and O–H groups in total. The maximum Gasteiger partial charge on any atom is 0.416 e. The van der Waals surface area contributed by atoms with Crippen LogP contribution in [-0.2, 0) is 12.7 Å². The van der Waals surface area contributed by atoms with Crippen molar-refractivity contribution in [2.75, 3.05) is 6.26 Å². The molecule has 9 heteroatoms. The molecule has 0 aliphatic heterocycles. The standard InChI is InChI=1S/C16H11F4N3OS/c1-25-15-21-7-9-13(22-15)5-6-23(14(9)24)8-10-11(16(18,19)20)3-2-4-12(10)17/h2-7H,8H2,1H3. The van der Waals surface area contributed by atoms with Gasteiger partial charge in [0.25, 0.3) is 5.56 Å². The van der Waals surface area contributed by atoms with Gasteiger partial charge in [0.2, 0.25) is 0 Å². The third kappa shape index (κ3) is 3.37. The van der Waals surface area contributed by atoms with Crippen molar-refractivity contribution in [3.63, 3.8) is 0 Å². The second-order valence-corrected chi connectivity index (χ2v) is 5.94. The van der Waals surface area contributed by atoms with Crippen LogP contribution in [0.1, 0.15) is 11.1 Å². The number of hydrogen-bond donors (Lipinski definition) is 0. The topological polar surface area (TPSA) is 47.8 Å². The van der Waals surface area contributed by atoms with E-state index in [-0.39, 0.29) is 5.39 Å². The zero-order valence-electron chi connectivity index (χ0n) is 12.8. The van der Waals surface area contributed by atoms with Gasteiger partial charge < -0.3 is 4.57 Å². The van der Waals surface area contributed by atoms with E-state index >= 15 is 0 Å². The molecule has 0 aliphatic rings. The van der Waals surface area contributed by atoms with Crippen molar-refractivity contribution in [2.24, 2.45) is 0 Å². The Morgan fingerprint density at radius 3 is 2.68 bits per heavy atom. The Hall–Kier alpha value is -2.42. The Bertz CT molecular complexity index is 1000. The van der Waals surface area contributed by atoms with Crippen LogP contribution in [0.3, 0.4) is 0 Å². The number of halogens is 4. The van der Waals surface area contributed by atoms with Crippen LogP contribution in [0.5, 0.6) is 0 Å². The molecule has 1 aromatic carbocycles. The maximum absolute atomic E-state index is 14.0. The van der Waals surface area contributed by atoms with Crippen LogP contribution in [0.4, 0.5) is 17.6 Å². The third-order valence-corrected chi connectivity index (χ3v) is 4.20. The quantitative estimate of drug-likeness (QED) is 0.401. The Labute approximate surface area is 143 Å². The van der Waals surface area contributed by atoms with E-state index in [4.69, 9.17) is 0 Å². The molecule has 0 unspecified atom stereocenters. The number of thioether (sulfide) groups is 1. The van der Waals surface area contributed by atoms with Crippen molar-refractivity contribution in [1.29, 1.82) is 0 Å². The van der Waals surface area contributed by atoms with Gasteiger partial charge in [-0.2, -0.15) is 13.2 Å². The smallest absolute Gasteiger partial charge is 0.310 e. The van der Waals surface area contributed by atoms with Crippen LogP contribution in [0.25, 0.3) is 10.9 Å². The molecular weight excluding hydrogens is 358 g/mol. The summed E-state index contributed by atoms with van der Waals surface area (Å²) in [4.78, 5) is 20.6. The summed E-state index contributed by atoms with van der Waals surface area (Å²) in [6.07, 6.45) is -0.319. The summed E-state index contributed by atoms with van der Waals surface area (Å²) in [6, 6.07) is 4.21. The summed E-state index contributed by atoms with van der Waals surface area (Å²) >= 11 is 1.30. The van der Waals surface area contributed by atoms with Gasteiger partial charge in [-0.3, -0.25) is 4.79 Å². The molecule has 0 fully saturated rings. The molecule has 0 atom stereocenters. The Kier molecular flexibility index (Phi) is 4.51. The number of alkyl halides is 3. The molecule has 0 radical (unpaired) electrons. The van der Waals surface area contributed by atoms with Crippen molar-refractivity contribution in [2.45, 2.75) is 17.9 Å². The largest absolute Gasteiger partial charge is 0.416 e. The number of aromatic nitrogens is 3. The van der Waals surface area contributed by atoms with E-state index in [9.17, 15) is 22.4 Å². The molecule has 3 aromatic rings. The molecular formula is C16H11F4N3OS. The summed E-state index contributed by atoms with van der Waals surface area (Å²) in [5, 5.41) is 0.628. The first-order chi connectivity index (χ1) is 11.8. The molecule has 0 spiro atoms. The van der Waals surface area contributed by atoms with E-state index in [1.807, 2.05) is 0 Å². The fourth-order valence-electron chi connectivity index (χ4n) is 2.43. The van der Waals surface area contributed by atoms with E-state index < -0.39 is 35.2 Å². The second-order valence-electron chi connectivity index (χ2n) is 5.17. The predicted octanol–water partition coefficient (Wildman–Crippen LogP) is 3.72. The first-order valence-electron chi connectivity index (χ1n) is 7.06. The van der Waals surface area contributed by atoms with Crippen molar-refractivity contribution in [3.05, 3.63) is 64.0 Å². The zero-order valence-corrected chi connectivity index (χ0v) is 13.7. The van der Waals surface area contributed by atoms with Gasteiger partial charge in [0.15, 0.2) is 5.16 Å². The summed E-state index contributed by atoms with van der Waals surface area (Å²) in [6.45, 7) is -0.541. The highest BCUT2D eigenvalue weighted by atomic mass is 32.2. The molecule has 130 valence electrons. The highest BCUT2D eigenvalue weighted by molar-refractivity contribution is 7.98. The summed E-state index contributed by atoms with van der Waals surface area (Å²) < 4.78 is 54.3. The number of nitrogens with zero attached hydrogens (tertiary/aromatic N) is 3. The fraction of sp³-hybridized carbons (Fsp3) is 0.188. The van der Waals surface area contributed by atoms with Gasteiger partial charge in [-0.15, -0.1) is 0 Å². The van der Waals surface area contributed by atoms with Gasteiger partial charge >= 0.3 is 6.18 Å². The van der Waals surface area contributed by atoms with Crippen LogP contribution in [-0.4, -0.2) is 20.8 Å². The van der Waals surface area contributed by atoms with Gasteiger partial charge in [-0.1, -0.05) is 17.8 Å². The average molecular weight is 369 g/mol. The van der Waals surface area contributed by atoms with Crippen molar-refractivity contribution in [1.82, 2.24) is 14.5 Å². The summed E-state index contributed by atoms with van der Waals surface area (Å²) in [5.74, 6) is -1.02. The highest BCUT2D eigenvalue weighted by Crippen LogP contribution is 2.33. The summed E-state index contributed by atoms with van der Waals surface area (Å²) in [5.41, 5.74) is -1.89. The van der Waals surface area contributed by atoms with Crippen LogP contribution in [0, 0.1) is 5.82 Å². The molecule has 0 saturated heterocycles. The van der Waals surface area contributed by atoms with Gasteiger partial charge in [-0.05, 0) is 24.5 Å². The number of fused-ring (bicyclic) bond motifs is 1. The van der Waals surface area contributed by atoms with Crippen LogP contribution >= 0.6 is 11.8 Å². The van der Waals surface area contributed by atoms with E-state index in [0.29, 0.717) is 10.7 Å². The van der Waals surface area contributed by atoms with Crippen LogP contribution < -0.4 is 5.56 Å². The minimum Gasteiger partial charge on any atom is -0.310 e. The number of hydrogen-bond acceptors (Lipinski definition) is 4. The molecule has 0 aliphatic carbocycles. The van der Waals surface area contributed by atoms with Crippen LogP contribution in [0.2, 0.25) is 0 Å². The van der Waals surface area contributed by atoms with Crippen LogP contribution in [0.15, 0.2) is 46.6 Å². The molecule has 2 aromatic heterocycles. The van der Waals surface area contributed by atoms with Crippen molar-refractivity contribution in [3.8, 4) is 0 Å². The van der Waals surface area contributed by atoms with Gasteiger partial charge in [0.1, 0.15) is 5.82 Å². The number of benzene rings is 1. The minimum atomic E-state index is -4.71. The maximum atomic E-state index is 14.0. The first-order valence-corrected chi connectivity index (χ1v) is 8.28. The molecule has 0 bridgehead atoms. The molecule has 25 heavy (non-hydrogen) atoms. The van der Waals surface area contributed by atoms with Gasteiger partial charge in [-0.25, -0.2) is 14.4 Å². The lowest BCUT2D eigenvalue weighted by molar-refractivity contribution is -0.138. The van der Waals surface area contributed by atoms with Crippen molar-refractivity contribution < 1.29 is 17.6 Å². The summed E-state index contributed by atoms with van der Waals surface area (Å²) in [7, 11) is 0. The van der Waals surface area contributed by atoms with E-state index in [1.165, 1.54) is 30.2 Å². The lowest BCUT2D eigenvalue weighted by atomic mass is 10.1. The SMILES string of the molecule is CSc1ncc2c(=O)n(Cc3c(F)cccc3C(F)(F)F)ccc2n1. The Morgan fingerprint density at radius 2 is 2.00 bits per heavy atom. The first kappa shape index (κ1) is 17.4. The highest BCUT2D eigenvalue weighted by Gasteiger charge is 2.34. The minimum absolute atomic E-state index is 0.158. The molecule has 0 saturated carbocycles. The zero-order chi connectivity index (χ0) is 18.2. The third-order valence-electron chi connectivity index (χ3n) is 3.64. The normalized spacial score (nSPS) is 11.9. The molecule has 0 amide bonds.